The molecule has 1 unspecified atom stereocenters. The summed E-state index contributed by atoms with van der Waals surface area (Å²) in [6, 6.07) is 5.14. The Morgan fingerprint density at radius 1 is 1.57 bits per heavy atom. The summed E-state index contributed by atoms with van der Waals surface area (Å²) < 4.78 is 0.751. The van der Waals surface area contributed by atoms with Gasteiger partial charge in [-0.25, -0.2) is 0 Å². The van der Waals surface area contributed by atoms with E-state index < -0.39 is 0 Å². The Morgan fingerprint density at radius 2 is 2.21 bits per heavy atom. The smallest absolute Gasteiger partial charge is 0.117 e. The van der Waals surface area contributed by atoms with Crippen LogP contribution in [0.2, 0.25) is 0 Å². The van der Waals surface area contributed by atoms with Gasteiger partial charge in [0.15, 0.2) is 0 Å². The minimum atomic E-state index is 0.123. The lowest BCUT2D eigenvalue weighted by Crippen LogP contribution is -1.92. The van der Waals surface area contributed by atoms with Crippen molar-refractivity contribution in [2.75, 3.05) is 0 Å². The van der Waals surface area contributed by atoms with Crippen LogP contribution in [0.3, 0.4) is 0 Å². The van der Waals surface area contributed by atoms with Crippen LogP contribution in [0.1, 0.15) is 29.3 Å². The normalized spacial score (nSPS) is 12.1. The molecule has 0 fully saturated rings. The van der Waals surface area contributed by atoms with E-state index in [0.717, 1.165) is 16.5 Å². The quantitative estimate of drug-likeness (QED) is 0.841. The van der Waals surface area contributed by atoms with Gasteiger partial charge in [0.1, 0.15) is 11.8 Å². The van der Waals surface area contributed by atoms with Crippen LogP contribution in [0.25, 0.3) is 0 Å². The molecule has 1 N–H and O–H groups in total. The van der Waals surface area contributed by atoms with Gasteiger partial charge in [-0.15, -0.1) is 0 Å². The van der Waals surface area contributed by atoms with Crippen LogP contribution >= 0.6 is 31.9 Å². The minimum Gasteiger partial charge on any atom is -0.508 e. The molecule has 2 nitrogen and oxygen atoms in total. The van der Waals surface area contributed by atoms with E-state index in [9.17, 15) is 5.11 Å². The van der Waals surface area contributed by atoms with Gasteiger partial charge in [-0.1, -0.05) is 22.9 Å². The van der Waals surface area contributed by atoms with Crippen molar-refractivity contribution in [3.8, 4) is 11.8 Å². The third-order valence-electron chi connectivity index (χ3n) is 1.90. The number of nitrogens with zero attached hydrogens (tertiary/aromatic N) is 1. The SMILES string of the molecule is CCC(Br)c1cc(O)cc(C#N)c1Br. The molecular weight excluding hydrogens is 310 g/mol. The van der Waals surface area contributed by atoms with Gasteiger partial charge in [-0.2, -0.15) is 5.26 Å². The highest BCUT2D eigenvalue weighted by Gasteiger charge is 2.13. The number of hydrogen-bond acceptors (Lipinski definition) is 2. The molecular formula is C10H9Br2NO. The summed E-state index contributed by atoms with van der Waals surface area (Å²) in [5, 5.41) is 18.2. The van der Waals surface area contributed by atoms with Crippen LogP contribution in [0.4, 0.5) is 0 Å². The predicted molar refractivity (Wildman–Crippen MR) is 62.5 cm³/mol. The summed E-state index contributed by atoms with van der Waals surface area (Å²) in [6.07, 6.45) is 0.896. The Labute approximate surface area is 99.8 Å². The van der Waals surface area contributed by atoms with Crippen molar-refractivity contribution in [2.24, 2.45) is 0 Å². The molecule has 0 radical (unpaired) electrons. The molecule has 1 atom stereocenters. The molecule has 0 aliphatic rings. The molecule has 0 heterocycles. The van der Waals surface area contributed by atoms with Crippen LogP contribution in [-0.4, -0.2) is 5.11 Å². The van der Waals surface area contributed by atoms with Crippen molar-refractivity contribution in [1.82, 2.24) is 0 Å². The van der Waals surface area contributed by atoms with Crippen molar-refractivity contribution >= 4 is 31.9 Å². The maximum atomic E-state index is 9.40. The lowest BCUT2D eigenvalue weighted by atomic mass is 10.1. The number of halogens is 2. The fourth-order valence-electron chi connectivity index (χ4n) is 1.16. The first-order valence-corrected chi connectivity index (χ1v) is 5.87. The molecule has 1 rings (SSSR count). The Balaban J connectivity index is 3.30. The molecule has 0 saturated heterocycles. The van der Waals surface area contributed by atoms with E-state index >= 15 is 0 Å². The van der Waals surface area contributed by atoms with E-state index in [4.69, 9.17) is 5.26 Å². The van der Waals surface area contributed by atoms with Crippen molar-refractivity contribution in [2.45, 2.75) is 18.2 Å². The van der Waals surface area contributed by atoms with Gasteiger partial charge in [-0.3, -0.25) is 0 Å². The average Bonchev–Trinajstić information content (AvgIpc) is 2.19. The number of rotatable bonds is 2. The fraction of sp³-hybridized carbons (Fsp3) is 0.300. The third-order valence-corrected chi connectivity index (χ3v) is 3.93. The van der Waals surface area contributed by atoms with Gasteiger partial charge in [0.25, 0.3) is 0 Å². The number of phenols is 1. The first-order chi connectivity index (χ1) is 6.60. The van der Waals surface area contributed by atoms with Crippen LogP contribution < -0.4 is 0 Å². The second kappa shape index (κ2) is 4.81. The second-order valence-corrected chi connectivity index (χ2v) is 4.78. The summed E-state index contributed by atoms with van der Waals surface area (Å²) in [5.41, 5.74) is 1.36. The van der Waals surface area contributed by atoms with E-state index in [1.807, 2.05) is 13.0 Å². The van der Waals surface area contributed by atoms with E-state index in [-0.39, 0.29) is 10.6 Å². The molecule has 1 aromatic carbocycles. The van der Waals surface area contributed by atoms with Crippen LogP contribution in [0.5, 0.6) is 5.75 Å². The number of nitriles is 1. The van der Waals surface area contributed by atoms with E-state index in [0.29, 0.717) is 5.56 Å². The maximum Gasteiger partial charge on any atom is 0.117 e. The lowest BCUT2D eigenvalue weighted by molar-refractivity contribution is 0.474. The van der Waals surface area contributed by atoms with Crippen molar-refractivity contribution in [3.05, 3.63) is 27.7 Å². The highest BCUT2D eigenvalue weighted by molar-refractivity contribution is 9.11. The standard InChI is InChI=1S/C10H9Br2NO/c1-2-9(11)8-4-7(14)3-6(5-13)10(8)12/h3-4,9,14H,2H2,1H3. The molecule has 4 heteroatoms. The Bertz CT molecular complexity index is 384. The average molecular weight is 319 g/mol. The zero-order valence-electron chi connectivity index (χ0n) is 7.59. The van der Waals surface area contributed by atoms with Gasteiger partial charge in [0.2, 0.25) is 0 Å². The molecule has 0 aliphatic carbocycles. The van der Waals surface area contributed by atoms with Gasteiger partial charge in [0.05, 0.1) is 5.56 Å². The molecule has 0 amide bonds. The Morgan fingerprint density at radius 3 is 2.71 bits per heavy atom. The van der Waals surface area contributed by atoms with Crippen molar-refractivity contribution in [3.63, 3.8) is 0 Å². The molecule has 74 valence electrons. The van der Waals surface area contributed by atoms with Gasteiger partial charge in [0, 0.05) is 9.30 Å². The molecule has 0 aliphatic heterocycles. The van der Waals surface area contributed by atoms with Gasteiger partial charge in [-0.05, 0) is 40.0 Å². The number of alkyl halides is 1. The highest BCUT2D eigenvalue weighted by Crippen LogP contribution is 2.36. The number of hydrogen-bond donors (Lipinski definition) is 1. The zero-order chi connectivity index (χ0) is 10.7. The monoisotopic (exact) mass is 317 g/mol. The fourth-order valence-corrected chi connectivity index (χ4v) is 2.42. The topological polar surface area (TPSA) is 44.0 Å². The van der Waals surface area contributed by atoms with E-state index in [1.165, 1.54) is 6.07 Å². The molecule has 0 spiro atoms. The Kier molecular flexibility index (Phi) is 3.97. The number of aromatic hydroxyl groups is 1. The first-order valence-electron chi connectivity index (χ1n) is 4.16. The summed E-state index contributed by atoms with van der Waals surface area (Å²) in [7, 11) is 0. The summed E-state index contributed by atoms with van der Waals surface area (Å²) in [5.74, 6) is 0.123. The van der Waals surface area contributed by atoms with E-state index in [2.05, 4.69) is 31.9 Å². The van der Waals surface area contributed by atoms with Crippen molar-refractivity contribution in [1.29, 1.82) is 5.26 Å². The van der Waals surface area contributed by atoms with Crippen LogP contribution in [-0.2, 0) is 0 Å². The molecule has 0 bridgehead atoms. The van der Waals surface area contributed by atoms with Crippen LogP contribution in [0.15, 0.2) is 16.6 Å². The lowest BCUT2D eigenvalue weighted by Gasteiger charge is -2.11. The first kappa shape index (κ1) is 11.5. The van der Waals surface area contributed by atoms with Gasteiger partial charge >= 0.3 is 0 Å². The number of phenolic OH excluding ortho intramolecular Hbond substituents is 1. The molecule has 0 aromatic heterocycles. The number of benzene rings is 1. The van der Waals surface area contributed by atoms with Gasteiger partial charge < -0.3 is 5.11 Å². The minimum absolute atomic E-state index is 0.123. The molecule has 0 saturated carbocycles. The van der Waals surface area contributed by atoms with Crippen molar-refractivity contribution < 1.29 is 5.11 Å². The molecule has 14 heavy (non-hydrogen) atoms. The predicted octanol–water partition coefficient (Wildman–Crippen LogP) is 3.87. The summed E-state index contributed by atoms with van der Waals surface area (Å²) in [6.45, 7) is 2.03. The third kappa shape index (κ3) is 2.28. The summed E-state index contributed by atoms with van der Waals surface area (Å²) >= 11 is 6.84. The van der Waals surface area contributed by atoms with E-state index in [1.54, 1.807) is 6.07 Å². The zero-order valence-corrected chi connectivity index (χ0v) is 10.8. The second-order valence-electron chi connectivity index (χ2n) is 2.88. The Hall–Kier alpha value is -0.530. The maximum absolute atomic E-state index is 9.40. The summed E-state index contributed by atoms with van der Waals surface area (Å²) in [4.78, 5) is 0.149. The van der Waals surface area contributed by atoms with Crippen LogP contribution in [0, 0.1) is 11.3 Å². The molecule has 1 aromatic rings. The largest absolute Gasteiger partial charge is 0.508 e. The highest BCUT2D eigenvalue weighted by atomic mass is 79.9.